The quantitative estimate of drug-likeness (QED) is 0.126. The summed E-state index contributed by atoms with van der Waals surface area (Å²) >= 11 is 7.65. The SMILES string of the molecule is C[C@H](CSc1ccccc1)Nc1ccc(S(=O)(=O)Nc2ncnc3c2CCN(C2CCN(CC4=C(c5ccc(Cl)cc5)CC(C)(C)CC4)CC2)C3)cc1S(=O)(=O)C(F)(F)F. The van der Waals surface area contributed by atoms with Gasteiger partial charge in [-0.15, -0.1) is 11.8 Å². The highest BCUT2D eigenvalue weighted by Crippen LogP contribution is 2.44. The number of benzene rings is 3. The number of fused-ring (bicyclic) bond motifs is 1. The van der Waals surface area contributed by atoms with Crippen molar-refractivity contribution in [3.8, 4) is 0 Å². The van der Waals surface area contributed by atoms with Gasteiger partial charge in [-0.05, 0) is 118 Å². The van der Waals surface area contributed by atoms with E-state index in [-0.39, 0.29) is 16.9 Å². The molecule has 2 N–H and O–H groups in total. The molecule has 0 spiro atoms. The van der Waals surface area contributed by atoms with Crippen molar-refractivity contribution in [1.29, 1.82) is 0 Å². The molecule has 322 valence electrons. The molecule has 0 bridgehead atoms. The zero-order valence-electron chi connectivity index (χ0n) is 33.8. The van der Waals surface area contributed by atoms with Gasteiger partial charge in [0.25, 0.3) is 19.9 Å². The van der Waals surface area contributed by atoms with Crippen LogP contribution < -0.4 is 10.0 Å². The normalized spacial score (nSPS) is 18.9. The van der Waals surface area contributed by atoms with Crippen LogP contribution in [0.4, 0.5) is 24.7 Å². The zero-order valence-corrected chi connectivity index (χ0v) is 37.0. The van der Waals surface area contributed by atoms with Crippen LogP contribution in [0.1, 0.15) is 69.7 Å². The summed E-state index contributed by atoms with van der Waals surface area (Å²) in [5.74, 6) is 0.417. The molecule has 4 aromatic rings. The van der Waals surface area contributed by atoms with E-state index >= 15 is 0 Å². The molecule has 1 aliphatic carbocycles. The summed E-state index contributed by atoms with van der Waals surface area (Å²) < 4.78 is 97.4. The smallest absolute Gasteiger partial charge is 0.381 e. The summed E-state index contributed by atoms with van der Waals surface area (Å²) in [6.07, 6.45) is 6.94. The molecule has 0 saturated carbocycles. The van der Waals surface area contributed by atoms with E-state index in [0.29, 0.717) is 48.6 Å². The van der Waals surface area contributed by atoms with Crippen molar-refractivity contribution in [2.24, 2.45) is 5.41 Å². The van der Waals surface area contributed by atoms with Crippen molar-refractivity contribution in [2.45, 2.75) is 98.1 Å². The van der Waals surface area contributed by atoms with Crippen LogP contribution in [-0.2, 0) is 32.8 Å². The largest absolute Gasteiger partial charge is 0.501 e. The summed E-state index contributed by atoms with van der Waals surface area (Å²) in [7, 11) is -10.5. The second-order valence-electron chi connectivity index (χ2n) is 16.7. The van der Waals surface area contributed by atoms with Crippen molar-refractivity contribution < 1.29 is 30.0 Å². The molecule has 2 aliphatic heterocycles. The first-order chi connectivity index (χ1) is 28.4. The summed E-state index contributed by atoms with van der Waals surface area (Å²) in [5.41, 5.74) is -0.322. The molecule has 3 aliphatic rings. The lowest BCUT2D eigenvalue weighted by Crippen LogP contribution is -2.47. The van der Waals surface area contributed by atoms with Gasteiger partial charge in [-0.3, -0.25) is 14.5 Å². The lowest BCUT2D eigenvalue weighted by atomic mass is 9.72. The summed E-state index contributed by atoms with van der Waals surface area (Å²) in [5, 5.41) is 3.58. The molecule has 3 aromatic carbocycles. The van der Waals surface area contributed by atoms with Gasteiger partial charge in [0.1, 0.15) is 17.0 Å². The Hall–Kier alpha value is -3.67. The molecular weight excluding hydrogens is 853 g/mol. The number of allylic oxidation sites excluding steroid dienone is 1. The molecule has 0 amide bonds. The van der Waals surface area contributed by atoms with Crippen molar-refractivity contribution in [1.82, 2.24) is 19.8 Å². The van der Waals surface area contributed by atoms with Crippen LogP contribution in [0.25, 0.3) is 5.57 Å². The molecule has 60 heavy (non-hydrogen) atoms. The molecule has 1 saturated heterocycles. The summed E-state index contributed by atoms with van der Waals surface area (Å²) in [6, 6.07) is 20.1. The molecule has 17 heteroatoms. The number of anilines is 2. The van der Waals surface area contributed by atoms with Gasteiger partial charge in [0, 0.05) is 53.0 Å². The van der Waals surface area contributed by atoms with Crippen LogP contribution in [0, 0.1) is 5.41 Å². The molecule has 3 heterocycles. The molecule has 1 aromatic heterocycles. The van der Waals surface area contributed by atoms with Crippen molar-refractivity contribution >= 4 is 60.3 Å². The second kappa shape index (κ2) is 18.0. The third-order valence-corrected chi connectivity index (χ3v) is 16.0. The molecule has 0 unspecified atom stereocenters. The Labute approximate surface area is 360 Å². The van der Waals surface area contributed by atoms with Gasteiger partial charge in [-0.2, -0.15) is 13.2 Å². The number of likely N-dealkylation sites (tertiary alicyclic amines) is 1. The van der Waals surface area contributed by atoms with Gasteiger partial charge < -0.3 is 5.32 Å². The van der Waals surface area contributed by atoms with Gasteiger partial charge in [0.05, 0.1) is 16.3 Å². The Kier molecular flexibility index (Phi) is 13.3. The van der Waals surface area contributed by atoms with Gasteiger partial charge in [-0.25, -0.2) is 26.8 Å². The predicted octanol–water partition coefficient (Wildman–Crippen LogP) is 9.30. The zero-order chi connectivity index (χ0) is 42.9. The number of rotatable bonds is 13. The van der Waals surface area contributed by atoms with E-state index < -0.39 is 41.2 Å². The summed E-state index contributed by atoms with van der Waals surface area (Å²) in [6.45, 7) is 10.4. The first kappa shape index (κ1) is 44.4. The van der Waals surface area contributed by atoms with Crippen LogP contribution >= 0.6 is 23.4 Å². The average Bonchev–Trinajstić information content (AvgIpc) is 3.21. The lowest BCUT2D eigenvalue weighted by Gasteiger charge is -2.41. The molecule has 1 atom stereocenters. The standard InChI is InChI=1S/C43H50ClF3N6O4S3/c1-29(27-58-34-7-5-4-6-8-34)50-38-14-13-35(23-40(38)59(54,55)43(45,46)47)60(56,57)51-41-36-18-22-53(26-39(36)48-28-49-41)33-16-20-52(21-17-33)25-31-15-19-42(2,3)24-37(31)30-9-11-32(44)12-10-30/h4-14,23,28-29,33,50H,15-22,24-27H2,1-3H3,(H,48,49,51)/t29-/m1/s1. The van der Waals surface area contributed by atoms with E-state index in [1.54, 1.807) is 6.92 Å². The monoisotopic (exact) mass is 902 g/mol. The minimum atomic E-state index is -5.94. The minimum Gasteiger partial charge on any atom is -0.381 e. The number of hydrogen-bond acceptors (Lipinski definition) is 10. The lowest BCUT2D eigenvalue weighted by molar-refractivity contribution is -0.0435. The Balaban J connectivity index is 1.02. The Bertz CT molecular complexity index is 2430. The Morgan fingerprint density at radius 3 is 2.37 bits per heavy atom. The second-order valence-corrected chi connectivity index (χ2v) is 21.8. The van der Waals surface area contributed by atoms with Gasteiger partial charge in [0.2, 0.25) is 0 Å². The highest BCUT2D eigenvalue weighted by Gasteiger charge is 2.48. The van der Waals surface area contributed by atoms with E-state index in [4.69, 9.17) is 11.6 Å². The fourth-order valence-electron chi connectivity index (χ4n) is 8.32. The maximum absolute atomic E-state index is 13.9. The first-order valence-electron chi connectivity index (χ1n) is 20.1. The van der Waals surface area contributed by atoms with Crippen LogP contribution in [-0.4, -0.2) is 86.1 Å². The van der Waals surface area contributed by atoms with E-state index in [9.17, 15) is 30.0 Å². The van der Waals surface area contributed by atoms with Crippen LogP contribution in [0.2, 0.25) is 5.02 Å². The third-order valence-electron chi connectivity index (χ3n) is 11.6. The van der Waals surface area contributed by atoms with E-state index in [2.05, 4.69) is 55.8 Å². The number of halogens is 4. The number of thioether (sulfide) groups is 1. The van der Waals surface area contributed by atoms with Crippen molar-refractivity contribution in [3.63, 3.8) is 0 Å². The number of nitrogens with zero attached hydrogens (tertiary/aromatic N) is 4. The highest BCUT2D eigenvalue weighted by atomic mass is 35.5. The number of sulfone groups is 1. The third kappa shape index (κ3) is 10.3. The fourth-order valence-corrected chi connectivity index (χ4v) is 11.4. The van der Waals surface area contributed by atoms with Crippen LogP contribution in [0.5, 0.6) is 0 Å². The minimum absolute atomic E-state index is 0.0175. The Morgan fingerprint density at radius 2 is 1.67 bits per heavy atom. The fraction of sp³-hybridized carbons (Fsp3) is 0.442. The first-order valence-corrected chi connectivity index (χ1v) is 24.4. The van der Waals surface area contributed by atoms with E-state index in [1.165, 1.54) is 34.8 Å². The van der Waals surface area contributed by atoms with Crippen LogP contribution in [0.15, 0.2) is 99.4 Å². The van der Waals surface area contributed by atoms with Gasteiger partial charge in [0.15, 0.2) is 0 Å². The van der Waals surface area contributed by atoms with Crippen molar-refractivity contribution in [2.75, 3.05) is 42.0 Å². The summed E-state index contributed by atoms with van der Waals surface area (Å²) in [4.78, 5) is 12.7. The molecule has 0 radical (unpaired) electrons. The highest BCUT2D eigenvalue weighted by molar-refractivity contribution is 7.99. The number of alkyl halides is 3. The van der Waals surface area contributed by atoms with Gasteiger partial charge >= 0.3 is 5.51 Å². The number of nitrogens with one attached hydrogen (secondary N) is 2. The molecule has 1 fully saturated rings. The Morgan fingerprint density at radius 1 is 0.950 bits per heavy atom. The van der Waals surface area contributed by atoms with E-state index in [1.807, 2.05) is 42.5 Å². The number of piperidine rings is 1. The van der Waals surface area contributed by atoms with Crippen molar-refractivity contribution in [3.05, 3.63) is 107 Å². The molecule has 10 nitrogen and oxygen atoms in total. The average molecular weight is 904 g/mol. The number of aromatic nitrogens is 2. The number of sulfonamides is 1. The van der Waals surface area contributed by atoms with E-state index in [0.717, 1.165) is 73.8 Å². The maximum atomic E-state index is 13.9. The van der Waals surface area contributed by atoms with Crippen LogP contribution in [0.3, 0.4) is 0 Å². The molecule has 7 rings (SSSR count). The van der Waals surface area contributed by atoms with Gasteiger partial charge in [-0.1, -0.05) is 61.4 Å². The maximum Gasteiger partial charge on any atom is 0.501 e. The topological polar surface area (TPSA) is 125 Å². The number of hydrogen-bond donors (Lipinski definition) is 2. The predicted molar refractivity (Wildman–Crippen MR) is 232 cm³/mol. The molecular formula is C43H50ClF3N6O4S3.